The van der Waals surface area contributed by atoms with Crippen LogP contribution in [0.15, 0.2) is 36.4 Å². The second-order valence-corrected chi connectivity index (χ2v) is 5.26. The Bertz CT molecular complexity index is 683. The molecule has 1 aromatic rings. The quantitative estimate of drug-likeness (QED) is 0.350. The number of carbonyl (C=O) groups excluding carboxylic acids is 2. The Balaban J connectivity index is 1.80. The highest BCUT2D eigenvalue weighted by atomic mass is 16.6. The predicted molar refractivity (Wildman–Crippen MR) is 70.4 cm³/mol. The van der Waals surface area contributed by atoms with E-state index in [0.29, 0.717) is 0 Å². The van der Waals surface area contributed by atoms with Crippen LogP contribution in [0.1, 0.15) is 0 Å². The van der Waals surface area contributed by atoms with Gasteiger partial charge in [0.15, 0.2) is 0 Å². The zero-order valence-electron chi connectivity index (χ0n) is 10.7. The summed E-state index contributed by atoms with van der Waals surface area (Å²) in [5.41, 5.74) is -0.216. The van der Waals surface area contributed by atoms with Gasteiger partial charge in [-0.3, -0.25) is 19.7 Å². The van der Waals surface area contributed by atoms with E-state index in [1.54, 1.807) is 18.2 Å². The summed E-state index contributed by atoms with van der Waals surface area (Å²) in [5, 5.41) is 11.1. The first-order chi connectivity index (χ1) is 10.1. The second kappa shape index (κ2) is 3.98. The van der Waals surface area contributed by atoms with Crippen molar-refractivity contribution in [2.75, 3.05) is 4.90 Å². The molecule has 2 amide bonds. The van der Waals surface area contributed by atoms with Crippen LogP contribution in [-0.2, 0) is 14.3 Å². The summed E-state index contributed by atoms with van der Waals surface area (Å²) < 4.78 is 5.53. The number of anilines is 1. The normalized spacial score (nSPS) is 32.9. The van der Waals surface area contributed by atoms with Crippen LogP contribution in [0.4, 0.5) is 11.4 Å². The molecule has 2 fully saturated rings. The molecule has 0 unspecified atom stereocenters. The summed E-state index contributed by atoms with van der Waals surface area (Å²) in [7, 11) is 0. The predicted octanol–water partition coefficient (Wildman–Crippen LogP) is 1.04. The molecule has 0 aromatic heterocycles. The molecule has 4 rings (SSSR count). The number of amides is 2. The third-order valence-corrected chi connectivity index (χ3v) is 4.23. The Morgan fingerprint density at radius 1 is 1.05 bits per heavy atom. The SMILES string of the molecule is O=C1[C@@H]2[C@@H](C(=O)N1c1ccccc1[N+](=O)[O-])[C@H]1C=C[C@@H]2O1. The molecule has 2 saturated heterocycles. The van der Waals surface area contributed by atoms with Crippen LogP contribution in [0, 0.1) is 22.0 Å². The van der Waals surface area contributed by atoms with Crippen LogP contribution in [0.5, 0.6) is 0 Å². The van der Waals surface area contributed by atoms with Gasteiger partial charge in [-0.1, -0.05) is 24.3 Å². The van der Waals surface area contributed by atoms with Crippen molar-refractivity contribution >= 4 is 23.2 Å². The third-order valence-electron chi connectivity index (χ3n) is 4.23. The third kappa shape index (κ3) is 1.46. The zero-order valence-corrected chi connectivity index (χ0v) is 10.7. The van der Waals surface area contributed by atoms with E-state index in [1.807, 2.05) is 0 Å². The first kappa shape index (κ1) is 12.2. The van der Waals surface area contributed by atoms with Crippen molar-refractivity contribution in [3.8, 4) is 0 Å². The fourth-order valence-corrected chi connectivity index (χ4v) is 3.35. The maximum absolute atomic E-state index is 12.5. The van der Waals surface area contributed by atoms with Gasteiger partial charge < -0.3 is 4.74 Å². The van der Waals surface area contributed by atoms with Crippen LogP contribution >= 0.6 is 0 Å². The molecule has 2 bridgehead atoms. The molecular weight excluding hydrogens is 276 g/mol. The minimum absolute atomic E-state index is 0.0336. The first-order valence-corrected chi connectivity index (χ1v) is 6.54. The van der Waals surface area contributed by atoms with E-state index in [-0.39, 0.29) is 11.4 Å². The average molecular weight is 286 g/mol. The maximum atomic E-state index is 12.5. The van der Waals surface area contributed by atoms with E-state index in [1.165, 1.54) is 18.2 Å². The van der Waals surface area contributed by atoms with Gasteiger partial charge in [-0.25, -0.2) is 4.90 Å². The number of nitro benzene ring substituents is 1. The smallest absolute Gasteiger partial charge is 0.293 e. The van der Waals surface area contributed by atoms with Crippen molar-refractivity contribution < 1.29 is 19.2 Å². The number of nitro groups is 1. The summed E-state index contributed by atoms with van der Waals surface area (Å²) in [6, 6.07) is 5.78. The molecule has 0 aliphatic carbocycles. The summed E-state index contributed by atoms with van der Waals surface area (Å²) >= 11 is 0. The van der Waals surface area contributed by atoms with Gasteiger partial charge in [0.2, 0.25) is 11.8 Å². The standard InChI is InChI=1S/C14H10N2O5/c17-13-11-9-5-6-10(21-9)12(11)14(18)15(13)7-3-1-2-4-8(7)16(19)20/h1-6,9-12H/t9-,10+,11-,12-/m0/s1. The van der Waals surface area contributed by atoms with E-state index in [9.17, 15) is 19.7 Å². The number of ether oxygens (including phenoxy) is 1. The molecule has 3 aliphatic heterocycles. The highest BCUT2D eigenvalue weighted by Gasteiger charge is 2.61. The Kier molecular flexibility index (Phi) is 2.32. The molecule has 3 aliphatic rings. The van der Waals surface area contributed by atoms with Crippen molar-refractivity contribution in [1.82, 2.24) is 0 Å². The molecule has 106 valence electrons. The highest BCUT2D eigenvalue weighted by molar-refractivity contribution is 6.23. The fraction of sp³-hybridized carbons (Fsp3) is 0.286. The lowest BCUT2D eigenvalue weighted by Gasteiger charge is -2.17. The Labute approximate surface area is 118 Å². The number of benzene rings is 1. The fourth-order valence-electron chi connectivity index (χ4n) is 3.35. The number of imide groups is 1. The van der Waals surface area contributed by atoms with Gasteiger partial charge in [0.25, 0.3) is 5.69 Å². The molecule has 21 heavy (non-hydrogen) atoms. The van der Waals surface area contributed by atoms with E-state index in [4.69, 9.17) is 4.74 Å². The molecule has 0 N–H and O–H groups in total. The number of nitrogens with zero attached hydrogens (tertiary/aromatic N) is 2. The van der Waals surface area contributed by atoms with Gasteiger partial charge in [0, 0.05) is 6.07 Å². The average Bonchev–Trinajstić information content (AvgIpc) is 3.13. The van der Waals surface area contributed by atoms with E-state index in [2.05, 4.69) is 0 Å². The van der Waals surface area contributed by atoms with Crippen LogP contribution in [0.2, 0.25) is 0 Å². The van der Waals surface area contributed by atoms with Crippen LogP contribution < -0.4 is 4.90 Å². The van der Waals surface area contributed by atoms with Crippen molar-refractivity contribution in [2.45, 2.75) is 12.2 Å². The molecule has 7 nitrogen and oxygen atoms in total. The number of rotatable bonds is 2. The largest absolute Gasteiger partial charge is 0.365 e. The van der Waals surface area contributed by atoms with Crippen LogP contribution in [-0.4, -0.2) is 28.9 Å². The van der Waals surface area contributed by atoms with Gasteiger partial charge in [-0.05, 0) is 6.07 Å². The molecular formula is C14H10N2O5. The Morgan fingerprint density at radius 2 is 1.62 bits per heavy atom. The lowest BCUT2D eigenvalue weighted by Crippen LogP contribution is -2.34. The van der Waals surface area contributed by atoms with E-state index in [0.717, 1.165) is 4.90 Å². The van der Waals surface area contributed by atoms with Gasteiger partial charge in [-0.2, -0.15) is 0 Å². The summed E-state index contributed by atoms with van der Waals surface area (Å²) in [6.45, 7) is 0. The number of hydrogen-bond acceptors (Lipinski definition) is 5. The van der Waals surface area contributed by atoms with Crippen molar-refractivity contribution in [1.29, 1.82) is 0 Å². The van der Waals surface area contributed by atoms with Crippen LogP contribution in [0.3, 0.4) is 0 Å². The molecule has 3 heterocycles. The monoisotopic (exact) mass is 286 g/mol. The van der Waals surface area contributed by atoms with Crippen molar-refractivity contribution in [3.05, 3.63) is 46.5 Å². The Hall–Kier alpha value is -2.54. The second-order valence-electron chi connectivity index (χ2n) is 5.26. The van der Waals surface area contributed by atoms with Gasteiger partial charge in [0.1, 0.15) is 5.69 Å². The molecule has 0 saturated carbocycles. The molecule has 0 radical (unpaired) electrons. The zero-order chi connectivity index (χ0) is 14.7. The van der Waals surface area contributed by atoms with Gasteiger partial charge >= 0.3 is 0 Å². The number of hydrogen-bond donors (Lipinski definition) is 0. The van der Waals surface area contributed by atoms with Crippen LogP contribution in [0.25, 0.3) is 0 Å². The summed E-state index contributed by atoms with van der Waals surface area (Å²) in [6.07, 6.45) is 2.76. The summed E-state index contributed by atoms with van der Waals surface area (Å²) in [5.74, 6) is -1.97. The summed E-state index contributed by atoms with van der Waals surface area (Å²) in [4.78, 5) is 36.5. The lowest BCUT2D eigenvalue weighted by molar-refractivity contribution is -0.384. The van der Waals surface area contributed by atoms with E-state index >= 15 is 0 Å². The van der Waals surface area contributed by atoms with Crippen molar-refractivity contribution in [3.63, 3.8) is 0 Å². The van der Waals surface area contributed by atoms with Gasteiger partial charge in [-0.15, -0.1) is 0 Å². The minimum atomic E-state index is -0.590. The molecule has 7 heteroatoms. The number of carbonyl (C=O) groups is 2. The van der Waals surface area contributed by atoms with Crippen molar-refractivity contribution in [2.24, 2.45) is 11.8 Å². The molecule has 1 aromatic carbocycles. The van der Waals surface area contributed by atoms with E-state index < -0.39 is 40.8 Å². The highest BCUT2D eigenvalue weighted by Crippen LogP contribution is 2.47. The minimum Gasteiger partial charge on any atom is -0.365 e. The number of para-hydroxylation sites is 2. The lowest BCUT2D eigenvalue weighted by atomic mass is 9.85. The molecule has 0 spiro atoms. The topological polar surface area (TPSA) is 89.8 Å². The van der Waals surface area contributed by atoms with Gasteiger partial charge in [0.05, 0.1) is 29.0 Å². The Morgan fingerprint density at radius 3 is 2.19 bits per heavy atom. The molecule has 4 atom stereocenters. The maximum Gasteiger partial charge on any atom is 0.293 e. The number of fused-ring (bicyclic) bond motifs is 5. The first-order valence-electron chi connectivity index (χ1n) is 6.54.